The van der Waals surface area contributed by atoms with Crippen molar-refractivity contribution in [3.8, 4) is 0 Å². The minimum atomic E-state index is -0.729. The van der Waals surface area contributed by atoms with Gasteiger partial charge in [-0.1, -0.05) is 12.1 Å². The molecule has 1 unspecified atom stereocenters. The molecule has 1 aromatic carbocycles. The van der Waals surface area contributed by atoms with Crippen LogP contribution >= 0.6 is 27.7 Å². The van der Waals surface area contributed by atoms with Crippen molar-refractivity contribution in [2.24, 2.45) is 0 Å². The van der Waals surface area contributed by atoms with Gasteiger partial charge in [-0.05, 0) is 34.0 Å². The second-order valence-electron chi connectivity index (χ2n) is 2.88. The first kappa shape index (κ1) is 9.09. The molecule has 1 atom stereocenters. The smallest absolute Gasteiger partial charge is 0.317 e. The summed E-state index contributed by atoms with van der Waals surface area (Å²) in [5, 5.41) is 8.53. The molecule has 1 aliphatic rings. The Labute approximate surface area is 88.5 Å². The van der Waals surface area contributed by atoms with Crippen LogP contribution in [0.1, 0.15) is 5.56 Å². The van der Waals surface area contributed by atoms with Gasteiger partial charge in [-0.15, -0.1) is 11.8 Å². The summed E-state index contributed by atoms with van der Waals surface area (Å²) in [5.74, 6) is -0.729. The molecule has 4 heteroatoms. The summed E-state index contributed by atoms with van der Waals surface area (Å²) in [6, 6.07) is 5.86. The van der Waals surface area contributed by atoms with Crippen molar-refractivity contribution in [3.63, 3.8) is 0 Å². The molecule has 0 saturated heterocycles. The monoisotopic (exact) mass is 258 g/mol. The van der Waals surface area contributed by atoms with Gasteiger partial charge in [-0.3, -0.25) is 4.79 Å². The average molecular weight is 259 g/mol. The first-order chi connectivity index (χ1) is 6.18. The van der Waals surface area contributed by atoms with Gasteiger partial charge in [0.15, 0.2) is 0 Å². The molecule has 68 valence electrons. The Hall–Kier alpha value is -0.480. The number of benzene rings is 1. The predicted octanol–water partition coefficient (Wildman–Crippen LogP) is 2.55. The number of carboxylic acid groups (broad SMARTS) is 1. The zero-order chi connectivity index (χ0) is 9.42. The predicted molar refractivity (Wildman–Crippen MR) is 55.1 cm³/mol. The fraction of sp³-hybridized carbons (Fsp3) is 0.222. The molecule has 0 amide bonds. The van der Waals surface area contributed by atoms with Crippen LogP contribution in [0.25, 0.3) is 0 Å². The highest BCUT2D eigenvalue weighted by atomic mass is 79.9. The number of hydrogen-bond acceptors (Lipinski definition) is 2. The maximum absolute atomic E-state index is 10.7. The molecule has 0 fully saturated rings. The van der Waals surface area contributed by atoms with Gasteiger partial charge in [0, 0.05) is 9.37 Å². The standard InChI is InChI=1S/C9H7BrO2S/c10-6-3-1-2-5-4-7(9(11)12)13-8(5)6/h1-3,7H,4H2,(H,11,12). The van der Waals surface area contributed by atoms with Crippen molar-refractivity contribution >= 4 is 33.7 Å². The van der Waals surface area contributed by atoms with Gasteiger partial charge in [-0.25, -0.2) is 0 Å². The molecule has 0 bridgehead atoms. The van der Waals surface area contributed by atoms with Crippen LogP contribution in [-0.4, -0.2) is 16.3 Å². The number of halogens is 1. The van der Waals surface area contributed by atoms with Crippen LogP contribution in [0.5, 0.6) is 0 Å². The topological polar surface area (TPSA) is 37.3 Å². The van der Waals surface area contributed by atoms with Gasteiger partial charge >= 0.3 is 5.97 Å². The molecule has 1 aromatic rings. The second-order valence-corrected chi connectivity index (χ2v) is 4.94. The van der Waals surface area contributed by atoms with E-state index in [1.165, 1.54) is 11.8 Å². The second kappa shape index (κ2) is 3.35. The van der Waals surface area contributed by atoms with Crippen molar-refractivity contribution in [1.29, 1.82) is 0 Å². The van der Waals surface area contributed by atoms with E-state index in [0.29, 0.717) is 6.42 Å². The van der Waals surface area contributed by atoms with E-state index < -0.39 is 5.97 Å². The number of rotatable bonds is 1. The van der Waals surface area contributed by atoms with Crippen LogP contribution in [0.4, 0.5) is 0 Å². The van der Waals surface area contributed by atoms with Gasteiger partial charge in [0.1, 0.15) is 5.25 Å². The fourth-order valence-electron chi connectivity index (χ4n) is 1.37. The summed E-state index contributed by atoms with van der Waals surface area (Å²) in [6.45, 7) is 0. The largest absolute Gasteiger partial charge is 0.480 e. The highest BCUT2D eigenvalue weighted by Gasteiger charge is 2.28. The fourth-order valence-corrected chi connectivity index (χ4v) is 3.19. The first-order valence-corrected chi connectivity index (χ1v) is 5.52. The lowest BCUT2D eigenvalue weighted by Gasteiger charge is -1.99. The minimum absolute atomic E-state index is 0.311. The van der Waals surface area contributed by atoms with Crippen molar-refractivity contribution in [1.82, 2.24) is 0 Å². The van der Waals surface area contributed by atoms with E-state index in [1.54, 1.807) is 0 Å². The van der Waals surface area contributed by atoms with Crippen molar-refractivity contribution in [2.75, 3.05) is 0 Å². The summed E-state index contributed by atoms with van der Waals surface area (Å²) in [7, 11) is 0. The highest BCUT2D eigenvalue weighted by molar-refractivity contribution is 9.10. The zero-order valence-electron chi connectivity index (χ0n) is 6.66. The molecule has 0 spiro atoms. The molecule has 1 heterocycles. The molecule has 1 aliphatic heterocycles. The number of aliphatic carboxylic acids is 1. The van der Waals surface area contributed by atoms with Gasteiger partial charge in [0.05, 0.1) is 0 Å². The highest BCUT2D eigenvalue weighted by Crippen LogP contribution is 2.41. The molecule has 1 N–H and O–H groups in total. The summed E-state index contributed by atoms with van der Waals surface area (Å²) in [6.07, 6.45) is 0.634. The Morgan fingerprint density at radius 1 is 1.62 bits per heavy atom. The third-order valence-electron chi connectivity index (χ3n) is 1.99. The van der Waals surface area contributed by atoms with Gasteiger partial charge in [-0.2, -0.15) is 0 Å². The zero-order valence-corrected chi connectivity index (χ0v) is 9.06. The van der Waals surface area contributed by atoms with Crippen LogP contribution in [0, 0.1) is 0 Å². The Balaban J connectivity index is 2.35. The molecule has 0 aromatic heterocycles. The Morgan fingerprint density at radius 2 is 2.38 bits per heavy atom. The summed E-state index contributed by atoms with van der Waals surface area (Å²) in [5.41, 5.74) is 1.13. The molecule has 2 nitrogen and oxygen atoms in total. The minimum Gasteiger partial charge on any atom is -0.480 e. The first-order valence-electron chi connectivity index (χ1n) is 3.85. The van der Waals surface area contributed by atoms with Crippen molar-refractivity contribution < 1.29 is 9.90 Å². The van der Waals surface area contributed by atoms with Gasteiger partial charge in [0.25, 0.3) is 0 Å². The van der Waals surface area contributed by atoms with Gasteiger partial charge < -0.3 is 5.11 Å². The SMILES string of the molecule is O=C(O)C1Cc2cccc(Br)c2S1. The maximum Gasteiger partial charge on any atom is 0.317 e. The maximum atomic E-state index is 10.7. The van der Waals surface area contributed by atoms with E-state index in [0.717, 1.165) is 14.9 Å². The van der Waals surface area contributed by atoms with E-state index in [4.69, 9.17) is 5.11 Å². The van der Waals surface area contributed by atoms with Crippen molar-refractivity contribution in [2.45, 2.75) is 16.6 Å². The summed E-state index contributed by atoms with van der Waals surface area (Å²) in [4.78, 5) is 11.8. The van der Waals surface area contributed by atoms with Crippen LogP contribution in [0.3, 0.4) is 0 Å². The molecular formula is C9H7BrO2S. The molecule has 13 heavy (non-hydrogen) atoms. The quantitative estimate of drug-likeness (QED) is 0.842. The Kier molecular flexibility index (Phi) is 2.34. The van der Waals surface area contributed by atoms with E-state index >= 15 is 0 Å². The normalized spacial score (nSPS) is 19.9. The lowest BCUT2D eigenvalue weighted by atomic mass is 10.1. The van der Waals surface area contributed by atoms with Crippen LogP contribution in [-0.2, 0) is 11.2 Å². The van der Waals surface area contributed by atoms with E-state index in [1.807, 2.05) is 18.2 Å². The number of hydrogen-bond donors (Lipinski definition) is 1. The number of thioether (sulfide) groups is 1. The number of carboxylic acids is 1. The van der Waals surface area contributed by atoms with E-state index in [-0.39, 0.29) is 5.25 Å². The van der Waals surface area contributed by atoms with Crippen LogP contribution in [0.2, 0.25) is 0 Å². The Morgan fingerprint density at radius 3 is 3.00 bits per heavy atom. The lowest BCUT2D eigenvalue weighted by Crippen LogP contribution is -2.14. The lowest BCUT2D eigenvalue weighted by molar-refractivity contribution is -0.136. The molecule has 0 aliphatic carbocycles. The number of carbonyl (C=O) groups is 1. The van der Waals surface area contributed by atoms with E-state index in [2.05, 4.69) is 15.9 Å². The third-order valence-corrected chi connectivity index (χ3v) is 4.28. The molecule has 2 rings (SSSR count). The van der Waals surface area contributed by atoms with Crippen LogP contribution in [0.15, 0.2) is 27.6 Å². The van der Waals surface area contributed by atoms with Crippen molar-refractivity contribution in [3.05, 3.63) is 28.2 Å². The Bertz CT molecular complexity index is 365. The van der Waals surface area contributed by atoms with Crippen LogP contribution < -0.4 is 0 Å². The molecule has 0 radical (unpaired) electrons. The average Bonchev–Trinajstić information content (AvgIpc) is 2.49. The third kappa shape index (κ3) is 1.60. The number of fused-ring (bicyclic) bond motifs is 1. The summed E-state index contributed by atoms with van der Waals surface area (Å²) >= 11 is 4.83. The molecular weight excluding hydrogens is 252 g/mol. The van der Waals surface area contributed by atoms with E-state index in [9.17, 15) is 4.79 Å². The molecule has 0 saturated carbocycles. The summed E-state index contributed by atoms with van der Waals surface area (Å²) < 4.78 is 0.999. The van der Waals surface area contributed by atoms with Gasteiger partial charge in [0.2, 0.25) is 0 Å².